The zero-order valence-corrected chi connectivity index (χ0v) is 10.5. The summed E-state index contributed by atoms with van der Waals surface area (Å²) in [6.07, 6.45) is -0.230. The first kappa shape index (κ1) is 14.4. The van der Waals surface area contributed by atoms with Crippen LogP contribution in [0.15, 0.2) is 24.3 Å². The summed E-state index contributed by atoms with van der Waals surface area (Å²) in [5.41, 5.74) is 0. The molecule has 4 nitrogen and oxygen atoms in total. The van der Waals surface area contributed by atoms with Gasteiger partial charge in [0.05, 0.1) is 0 Å². The van der Waals surface area contributed by atoms with Gasteiger partial charge in [0, 0.05) is 18.7 Å². The highest BCUT2D eigenvalue weighted by Crippen LogP contribution is 2.13. The van der Waals surface area contributed by atoms with Crippen LogP contribution < -0.4 is 10.1 Å². The van der Waals surface area contributed by atoms with Gasteiger partial charge >= 0.3 is 0 Å². The molecule has 0 aromatic heterocycles. The van der Waals surface area contributed by atoms with Crippen molar-refractivity contribution in [3.05, 3.63) is 30.1 Å². The highest BCUT2D eigenvalue weighted by atomic mass is 19.1. The highest BCUT2D eigenvalue weighted by Gasteiger charge is 2.16. The third kappa shape index (κ3) is 4.71. The summed E-state index contributed by atoms with van der Waals surface area (Å²) < 4.78 is 18.2. The number of aliphatic hydroxyl groups excluding tert-OH is 1. The molecule has 0 saturated heterocycles. The molecular formula is C13H18FNO3. The monoisotopic (exact) mass is 255 g/mol. The number of ether oxygens (including phenoxy) is 1. The number of nitrogens with one attached hydrogen (secondary N) is 1. The molecule has 1 amide bonds. The van der Waals surface area contributed by atoms with Gasteiger partial charge in [-0.3, -0.25) is 4.79 Å². The van der Waals surface area contributed by atoms with E-state index in [1.807, 2.05) is 0 Å². The minimum absolute atomic E-state index is 0.0145. The molecule has 0 radical (unpaired) electrons. The van der Waals surface area contributed by atoms with Crippen LogP contribution in [-0.4, -0.2) is 29.8 Å². The Balaban J connectivity index is 2.49. The summed E-state index contributed by atoms with van der Waals surface area (Å²) in [5, 5.41) is 11.4. The largest absolute Gasteiger partial charge is 0.481 e. The third-order valence-electron chi connectivity index (χ3n) is 2.43. The van der Waals surface area contributed by atoms with E-state index in [0.717, 1.165) is 0 Å². The Hall–Kier alpha value is -1.62. The number of rotatable bonds is 6. The summed E-state index contributed by atoms with van der Waals surface area (Å²) in [6, 6.07) is 5.51. The van der Waals surface area contributed by atoms with E-state index >= 15 is 0 Å². The van der Waals surface area contributed by atoms with Gasteiger partial charge in [0.25, 0.3) is 5.91 Å². The quantitative estimate of drug-likeness (QED) is 0.809. The van der Waals surface area contributed by atoms with Crippen LogP contribution in [0.2, 0.25) is 0 Å². The summed E-state index contributed by atoms with van der Waals surface area (Å²) in [6.45, 7) is 3.40. The van der Waals surface area contributed by atoms with Crippen molar-refractivity contribution in [2.75, 3.05) is 6.61 Å². The smallest absolute Gasteiger partial charge is 0.260 e. The molecule has 1 rings (SSSR count). The Morgan fingerprint density at radius 1 is 1.50 bits per heavy atom. The van der Waals surface area contributed by atoms with Gasteiger partial charge in [-0.25, -0.2) is 4.39 Å². The molecule has 0 aliphatic rings. The van der Waals surface area contributed by atoms with E-state index in [9.17, 15) is 9.18 Å². The van der Waals surface area contributed by atoms with Gasteiger partial charge in [-0.2, -0.15) is 0 Å². The van der Waals surface area contributed by atoms with Crippen LogP contribution >= 0.6 is 0 Å². The van der Waals surface area contributed by atoms with Gasteiger partial charge in [-0.15, -0.1) is 0 Å². The van der Waals surface area contributed by atoms with Crippen molar-refractivity contribution in [2.24, 2.45) is 0 Å². The van der Waals surface area contributed by atoms with Crippen molar-refractivity contribution in [3.63, 3.8) is 0 Å². The SMILES string of the molecule is CC(CCO)NC(=O)C(C)Oc1cccc(F)c1. The Morgan fingerprint density at radius 2 is 2.22 bits per heavy atom. The first-order valence-corrected chi connectivity index (χ1v) is 5.86. The maximum Gasteiger partial charge on any atom is 0.260 e. The van der Waals surface area contributed by atoms with E-state index in [-0.39, 0.29) is 18.6 Å². The van der Waals surface area contributed by atoms with Crippen LogP contribution in [0.4, 0.5) is 4.39 Å². The number of hydrogen-bond acceptors (Lipinski definition) is 3. The molecule has 18 heavy (non-hydrogen) atoms. The van der Waals surface area contributed by atoms with E-state index < -0.39 is 11.9 Å². The van der Waals surface area contributed by atoms with Crippen molar-refractivity contribution in [3.8, 4) is 5.75 Å². The molecule has 0 heterocycles. The Morgan fingerprint density at radius 3 is 2.83 bits per heavy atom. The summed E-state index contributed by atoms with van der Waals surface area (Å²) in [7, 11) is 0. The minimum Gasteiger partial charge on any atom is -0.481 e. The predicted molar refractivity (Wildman–Crippen MR) is 65.8 cm³/mol. The van der Waals surface area contributed by atoms with E-state index in [0.29, 0.717) is 12.2 Å². The number of halogens is 1. The standard InChI is InChI=1S/C13H18FNO3/c1-9(6-7-16)15-13(17)10(2)18-12-5-3-4-11(14)8-12/h3-5,8-10,16H,6-7H2,1-2H3,(H,15,17). The van der Waals surface area contributed by atoms with Crippen molar-refractivity contribution < 1.29 is 19.0 Å². The number of aliphatic hydroxyl groups is 1. The molecule has 1 aromatic carbocycles. The molecule has 2 atom stereocenters. The molecule has 5 heteroatoms. The second-order valence-corrected chi connectivity index (χ2v) is 4.14. The molecule has 0 aliphatic carbocycles. The lowest BCUT2D eigenvalue weighted by molar-refractivity contribution is -0.127. The molecule has 1 aromatic rings. The molecular weight excluding hydrogens is 237 g/mol. The number of carbonyl (C=O) groups excluding carboxylic acids is 1. The molecule has 2 N–H and O–H groups in total. The minimum atomic E-state index is -0.715. The normalized spacial score (nSPS) is 13.8. The maximum absolute atomic E-state index is 12.9. The van der Waals surface area contributed by atoms with Gasteiger partial charge in [0.2, 0.25) is 0 Å². The van der Waals surface area contributed by atoms with E-state index in [2.05, 4.69) is 5.32 Å². The van der Waals surface area contributed by atoms with Crippen LogP contribution in [0.25, 0.3) is 0 Å². The number of hydrogen-bond donors (Lipinski definition) is 2. The fourth-order valence-electron chi connectivity index (χ4n) is 1.42. The Kier molecular flexibility index (Phi) is 5.58. The Bertz CT molecular complexity index is 398. The number of benzene rings is 1. The number of amides is 1. The average molecular weight is 255 g/mol. The van der Waals surface area contributed by atoms with Gasteiger partial charge < -0.3 is 15.2 Å². The molecule has 0 bridgehead atoms. The lowest BCUT2D eigenvalue weighted by Crippen LogP contribution is -2.41. The van der Waals surface area contributed by atoms with Gasteiger partial charge in [-0.1, -0.05) is 6.07 Å². The first-order valence-electron chi connectivity index (χ1n) is 5.86. The topological polar surface area (TPSA) is 58.6 Å². The van der Waals surface area contributed by atoms with Crippen LogP contribution in [0.5, 0.6) is 5.75 Å². The lowest BCUT2D eigenvalue weighted by Gasteiger charge is -2.18. The fraction of sp³-hybridized carbons (Fsp3) is 0.462. The summed E-state index contributed by atoms with van der Waals surface area (Å²) in [4.78, 5) is 11.7. The van der Waals surface area contributed by atoms with Crippen LogP contribution in [0, 0.1) is 5.82 Å². The lowest BCUT2D eigenvalue weighted by atomic mass is 10.2. The molecule has 0 saturated carbocycles. The number of carbonyl (C=O) groups is 1. The molecule has 2 unspecified atom stereocenters. The van der Waals surface area contributed by atoms with Crippen LogP contribution in [0.3, 0.4) is 0 Å². The van der Waals surface area contributed by atoms with Crippen molar-refractivity contribution in [1.82, 2.24) is 5.32 Å². The van der Waals surface area contributed by atoms with Crippen molar-refractivity contribution in [2.45, 2.75) is 32.4 Å². The van der Waals surface area contributed by atoms with E-state index in [4.69, 9.17) is 9.84 Å². The average Bonchev–Trinajstić information content (AvgIpc) is 2.29. The first-order chi connectivity index (χ1) is 8.52. The van der Waals surface area contributed by atoms with Gasteiger partial charge in [-0.05, 0) is 32.4 Å². The second-order valence-electron chi connectivity index (χ2n) is 4.14. The molecule has 0 spiro atoms. The zero-order valence-electron chi connectivity index (χ0n) is 10.5. The zero-order chi connectivity index (χ0) is 13.5. The fourth-order valence-corrected chi connectivity index (χ4v) is 1.42. The second kappa shape index (κ2) is 6.96. The van der Waals surface area contributed by atoms with E-state index in [1.54, 1.807) is 19.9 Å². The maximum atomic E-state index is 12.9. The summed E-state index contributed by atoms with van der Waals surface area (Å²) >= 11 is 0. The van der Waals surface area contributed by atoms with Gasteiger partial charge in [0.1, 0.15) is 11.6 Å². The molecule has 0 fully saturated rings. The van der Waals surface area contributed by atoms with Crippen molar-refractivity contribution >= 4 is 5.91 Å². The highest BCUT2D eigenvalue weighted by molar-refractivity contribution is 5.80. The van der Waals surface area contributed by atoms with E-state index in [1.165, 1.54) is 18.2 Å². The third-order valence-corrected chi connectivity index (χ3v) is 2.43. The Labute approximate surface area is 106 Å². The summed E-state index contributed by atoms with van der Waals surface area (Å²) in [5.74, 6) is -0.388. The van der Waals surface area contributed by atoms with Crippen LogP contribution in [-0.2, 0) is 4.79 Å². The van der Waals surface area contributed by atoms with Gasteiger partial charge in [0.15, 0.2) is 6.10 Å². The molecule has 100 valence electrons. The van der Waals surface area contributed by atoms with Crippen LogP contribution in [0.1, 0.15) is 20.3 Å². The molecule has 0 aliphatic heterocycles. The van der Waals surface area contributed by atoms with Crippen molar-refractivity contribution in [1.29, 1.82) is 0 Å². The predicted octanol–water partition coefficient (Wildman–Crippen LogP) is 1.48.